The summed E-state index contributed by atoms with van der Waals surface area (Å²) < 4.78 is 31.2. The molecule has 0 radical (unpaired) electrons. The SMILES string of the molecule is CCN1CCN(C(CNS(C)(=O)=O)c2ccccc2OC)CC1. The molecule has 0 bridgehead atoms. The van der Waals surface area contributed by atoms with Crippen molar-refractivity contribution in [2.75, 3.05) is 52.6 Å². The monoisotopic (exact) mass is 341 g/mol. The van der Waals surface area contributed by atoms with Gasteiger partial charge in [0.05, 0.1) is 19.4 Å². The summed E-state index contributed by atoms with van der Waals surface area (Å²) in [5.41, 5.74) is 1.02. The molecule has 1 aliphatic rings. The molecule has 1 N–H and O–H groups in total. The Balaban J connectivity index is 2.21. The number of rotatable bonds is 7. The number of piperazine rings is 1. The van der Waals surface area contributed by atoms with Gasteiger partial charge in [0, 0.05) is 38.3 Å². The summed E-state index contributed by atoms with van der Waals surface area (Å²) in [6.07, 6.45) is 1.20. The maximum atomic E-state index is 11.5. The van der Waals surface area contributed by atoms with Crippen LogP contribution in [0.1, 0.15) is 18.5 Å². The van der Waals surface area contributed by atoms with Crippen LogP contribution in [0.2, 0.25) is 0 Å². The predicted molar refractivity (Wildman–Crippen MR) is 92.3 cm³/mol. The number of hydrogen-bond donors (Lipinski definition) is 1. The summed E-state index contributed by atoms with van der Waals surface area (Å²) in [6.45, 7) is 7.41. The van der Waals surface area contributed by atoms with Crippen molar-refractivity contribution < 1.29 is 13.2 Å². The third-order valence-corrected chi connectivity index (χ3v) is 5.02. The number of hydrogen-bond acceptors (Lipinski definition) is 5. The van der Waals surface area contributed by atoms with Crippen LogP contribution in [0.5, 0.6) is 5.75 Å². The van der Waals surface area contributed by atoms with Crippen molar-refractivity contribution >= 4 is 10.0 Å². The van der Waals surface area contributed by atoms with E-state index in [4.69, 9.17) is 4.74 Å². The Kier molecular flexibility index (Phi) is 6.41. The molecule has 0 aromatic heterocycles. The van der Waals surface area contributed by atoms with Crippen LogP contribution in [-0.2, 0) is 10.0 Å². The van der Waals surface area contributed by atoms with E-state index >= 15 is 0 Å². The first-order valence-electron chi connectivity index (χ1n) is 7.98. The standard InChI is InChI=1S/C16H27N3O3S/c1-4-18-9-11-19(12-10-18)15(13-17-23(3,20)21)14-7-5-6-8-16(14)22-2/h5-8,15,17H,4,9-13H2,1-3H3. The van der Waals surface area contributed by atoms with E-state index in [0.717, 1.165) is 44.0 Å². The van der Waals surface area contributed by atoms with Crippen molar-refractivity contribution in [3.05, 3.63) is 29.8 Å². The minimum atomic E-state index is -3.23. The van der Waals surface area contributed by atoms with E-state index in [2.05, 4.69) is 21.4 Å². The van der Waals surface area contributed by atoms with E-state index in [-0.39, 0.29) is 6.04 Å². The minimum absolute atomic E-state index is 0.0279. The molecule has 1 atom stereocenters. The number of benzene rings is 1. The highest BCUT2D eigenvalue weighted by Crippen LogP contribution is 2.29. The van der Waals surface area contributed by atoms with Gasteiger partial charge in [-0.2, -0.15) is 0 Å². The Bertz CT molecular complexity index is 598. The largest absolute Gasteiger partial charge is 0.496 e. The Morgan fingerprint density at radius 1 is 1.22 bits per heavy atom. The van der Waals surface area contributed by atoms with Crippen LogP contribution in [0, 0.1) is 0 Å². The fourth-order valence-electron chi connectivity index (χ4n) is 3.00. The topological polar surface area (TPSA) is 61.9 Å². The third kappa shape index (κ3) is 5.17. The van der Waals surface area contributed by atoms with E-state index in [1.165, 1.54) is 6.26 Å². The van der Waals surface area contributed by atoms with E-state index in [0.29, 0.717) is 6.54 Å². The summed E-state index contributed by atoms with van der Waals surface area (Å²) in [5, 5.41) is 0. The van der Waals surface area contributed by atoms with Gasteiger partial charge >= 0.3 is 0 Å². The molecule has 6 nitrogen and oxygen atoms in total. The van der Waals surface area contributed by atoms with Gasteiger partial charge in [-0.25, -0.2) is 13.1 Å². The third-order valence-electron chi connectivity index (χ3n) is 4.33. The van der Waals surface area contributed by atoms with E-state index in [1.54, 1.807) is 7.11 Å². The summed E-state index contributed by atoms with van der Waals surface area (Å²) in [5.74, 6) is 0.797. The molecule has 0 saturated carbocycles. The Morgan fingerprint density at radius 3 is 2.43 bits per heavy atom. The summed E-state index contributed by atoms with van der Waals surface area (Å²) >= 11 is 0. The fraction of sp³-hybridized carbons (Fsp3) is 0.625. The average Bonchev–Trinajstić information content (AvgIpc) is 2.55. The maximum absolute atomic E-state index is 11.5. The first-order valence-corrected chi connectivity index (χ1v) is 9.87. The molecule has 2 rings (SSSR count). The molecule has 1 saturated heterocycles. The molecule has 23 heavy (non-hydrogen) atoms. The van der Waals surface area contributed by atoms with Gasteiger partial charge < -0.3 is 9.64 Å². The number of methoxy groups -OCH3 is 1. The molecule has 1 aliphatic heterocycles. The molecule has 1 aromatic rings. The zero-order chi connectivity index (χ0) is 16.9. The minimum Gasteiger partial charge on any atom is -0.496 e. The van der Waals surface area contributed by atoms with Crippen molar-refractivity contribution in [3.8, 4) is 5.75 Å². The molecule has 1 aromatic carbocycles. The summed E-state index contributed by atoms with van der Waals surface area (Å²) in [6, 6.07) is 7.80. The normalized spacial score (nSPS) is 18.7. The van der Waals surface area contributed by atoms with E-state index in [9.17, 15) is 8.42 Å². The molecular weight excluding hydrogens is 314 g/mol. The number of para-hydroxylation sites is 1. The zero-order valence-electron chi connectivity index (χ0n) is 14.2. The Hall–Kier alpha value is -1.15. The molecule has 7 heteroatoms. The van der Waals surface area contributed by atoms with Gasteiger partial charge in [-0.3, -0.25) is 4.90 Å². The molecule has 0 aliphatic carbocycles. The van der Waals surface area contributed by atoms with Gasteiger partial charge in [0.1, 0.15) is 5.75 Å². The van der Waals surface area contributed by atoms with E-state index in [1.807, 2.05) is 24.3 Å². The van der Waals surface area contributed by atoms with Crippen molar-refractivity contribution in [2.24, 2.45) is 0 Å². The summed E-state index contributed by atoms with van der Waals surface area (Å²) in [4.78, 5) is 4.74. The molecule has 0 spiro atoms. The van der Waals surface area contributed by atoms with Gasteiger partial charge in [0.15, 0.2) is 0 Å². The van der Waals surface area contributed by atoms with Crippen LogP contribution < -0.4 is 9.46 Å². The van der Waals surface area contributed by atoms with Gasteiger partial charge in [-0.1, -0.05) is 25.1 Å². The smallest absolute Gasteiger partial charge is 0.208 e. The first-order chi connectivity index (χ1) is 10.9. The van der Waals surface area contributed by atoms with Crippen molar-refractivity contribution in [1.82, 2.24) is 14.5 Å². The molecule has 1 fully saturated rings. The van der Waals surface area contributed by atoms with E-state index < -0.39 is 10.0 Å². The second-order valence-corrected chi connectivity index (χ2v) is 7.68. The average molecular weight is 341 g/mol. The fourth-order valence-corrected chi connectivity index (χ4v) is 3.46. The lowest BCUT2D eigenvalue weighted by atomic mass is 10.0. The van der Waals surface area contributed by atoms with Gasteiger partial charge in [-0.15, -0.1) is 0 Å². The number of nitrogens with zero attached hydrogens (tertiary/aromatic N) is 2. The van der Waals surface area contributed by atoms with Gasteiger partial charge in [-0.05, 0) is 12.6 Å². The second-order valence-electron chi connectivity index (χ2n) is 5.85. The van der Waals surface area contributed by atoms with Crippen LogP contribution in [0.4, 0.5) is 0 Å². The van der Waals surface area contributed by atoms with Crippen LogP contribution in [0.15, 0.2) is 24.3 Å². The highest BCUT2D eigenvalue weighted by atomic mass is 32.2. The summed E-state index contributed by atoms with van der Waals surface area (Å²) in [7, 11) is -1.58. The highest BCUT2D eigenvalue weighted by molar-refractivity contribution is 7.88. The van der Waals surface area contributed by atoms with Crippen molar-refractivity contribution in [2.45, 2.75) is 13.0 Å². The number of sulfonamides is 1. The number of likely N-dealkylation sites (N-methyl/N-ethyl adjacent to an activating group) is 1. The maximum Gasteiger partial charge on any atom is 0.208 e. The number of ether oxygens (including phenoxy) is 1. The lowest BCUT2D eigenvalue weighted by Gasteiger charge is -2.39. The van der Waals surface area contributed by atoms with Gasteiger partial charge in [0.25, 0.3) is 0 Å². The molecule has 130 valence electrons. The molecule has 0 amide bonds. The Labute approximate surface area is 139 Å². The highest BCUT2D eigenvalue weighted by Gasteiger charge is 2.27. The van der Waals surface area contributed by atoms with Crippen LogP contribution >= 0.6 is 0 Å². The quantitative estimate of drug-likeness (QED) is 0.799. The van der Waals surface area contributed by atoms with Crippen molar-refractivity contribution in [1.29, 1.82) is 0 Å². The Morgan fingerprint density at radius 2 is 1.87 bits per heavy atom. The van der Waals surface area contributed by atoms with Crippen LogP contribution in [-0.4, -0.2) is 70.9 Å². The van der Waals surface area contributed by atoms with Gasteiger partial charge in [0.2, 0.25) is 10.0 Å². The molecule has 1 unspecified atom stereocenters. The molecule has 1 heterocycles. The van der Waals surface area contributed by atoms with Crippen LogP contribution in [0.3, 0.4) is 0 Å². The lowest BCUT2D eigenvalue weighted by molar-refractivity contribution is 0.0993. The zero-order valence-corrected chi connectivity index (χ0v) is 15.0. The van der Waals surface area contributed by atoms with Crippen molar-refractivity contribution in [3.63, 3.8) is 0 Å². The second kappa shape index (κ2) is 8.10. The predicted octanol–water partition coefficient (Wildman–Crippen LogP) is 0.923. The first kappa shape index (κ1) is 18.2. The molecular formula is C16H27N3O3S. The van der Waals surface area contributed by atoms with Crippen LogP contribution in [0.25, 0.3) is 0 Å². The lowest BCUT2D eigenvalue weighted by Crippen LogP contribution is -2.49. The number of nitrogens with one attached hydrogen (secondary N) is 1.